The van der Waals surface area contributed by atoms with Crippen molar-refractivity contribution in [1.82, 2.24) is 9.88 Å². The summed E-state index contributed by atoms with van der Waals surface area (Å²) >= 11 is 6.08. The van der Waals surface area contributed by atoms with E-state index in [0.29, 0.717) is 11.6 Å². The number of alkyl halides is 1. The number of carbonyl (C=O) groups excluding carboxylic acids is 1. The zero-order valence-corrected chi connectivity index (χ0v) is 12.7. The third-order valence-electron chi connectivity index (χ3n) is 4.19. The summed E-state index contributed by atoms with van der Waals surface area (Å²) in [5.74, 6) is 0.510. The van der Waals surface area contributed by atoms with Gasteiger partial charge in [0.1, 0.15) is 5.69 Å². The minimum absolute atomic E-state index is 0.0133. The summed E-state index contributed by atoms with van der Waals surface area (Å²) in [6.07, 6.45) is 6.05. The van der Waals surface area contributed by atoms with Gasteiger partial charge in [0, 0.05) is 30.0 Å². The molecule has 2 aromatic rings. The van der Waals surface area contributed by atoms with E-state index in [1.165, 1.54) is 6.42 Å². The second kappa shape index (κ2) is 6.44. The zero-order chi connectivity index (χ0) is 14.7. The Morgan fingerprint density at radius 2 is 2.10 bits per heavy atom. The Kier molecular flexibility index (Phi) is 4.39. The average Bonchev–Trinajstić information content (AvgIpc) is 2.79. The molecule has 0 N–H and O–H groups in total. The van der Waals surface area contributed by atoms with Gasteiger partial charge in [-0.25, -0.2) is 0 Å². The van der Waals surface area contributed by atoms with Gasteiger partial charge in [-0.15, -0.1) is 11.6 Å². The van der Waals surface area contributed by atoms with E-state index in [-0.39, 0.29) is 11.9 Å². The Hall–Kier alpha value is -1.61. The zero-order valence-electron chi connectivity index (χ0n) is 12.0. The van der Waals surface area contributed by atoms with Crippen molar-refractivity contribution in [3.05, 3.63) is 42.2 Å². The molecule has 110 valence electrons. The van der Waals surface area contributed by atoms with Crippen molar-refractivity contribution >= 4 is 28.3 Å². The van der Waals surface area contributed by atoms with Crippen LogP contribution in [0.2, 0.25) is 0 Å². The summed E-state index contributed by atoms with van der Waals surface area (Å²) in [5.41, 5.74) is 0.546. The molecule has 1 amide bonds. The van der Waals surface area contributed by atoms with Crippen LogP contribution in [0.4, 0.5) is 0 Å². The molecule has 1 aromatic carbocycles. The van der Waals surface area contributed by atoms with Crippen LogP contribution >= 0.6 is 11.6 Å². The molecule has 21 heavy (non-hydrogen) atoms. The molecule has 1 atom stereocenters. The smallest absolute Gasteiger partial charge is 0.273 e. The summed E-state index contributed by atoms with van der Waals surface area (Å²) in [5, 5.41) is 1.97. The summed E-state index contributed by atoms with van der Waals surface area (Å²) in [4.78, 5) is 19.2. The molecule has 0 aliphatic carbocycles. The van der Waals surface area contributed by atoms with Crippen LogP contribution in [0, 0.1) is 0 Å². The van der Waals surface area contributed by atoms with E-state index in [1.54, 1.807) is 6.20 Å². The van der Waals surface area contributed by atoms with Crippen molar-refractivity contribution in [2.75, 3.05) is 12.4 Å². The van der Waals surface area contributed by atoms with Crippen molar-refractivity contribution in [2.45, 2.75) is 31.7 Å². The summed E-state index contributed by atoms with van der Waals surface area (Å²) in [6.45, 7) is 0.779. The first-order valence-corrected chi connectivity index (χ1v) is 8.05. The van der Waals surface area contributed by atoms with Gasteiger partial charge in [0.15, 0.2) is 0 Å². The molecule has 1 saturated heterocycles. The summed E-state index contributed by atoms with van der Waals surface area (Å²) < 4.78 is 0. The molecular weight excluding hydrogens is 284 g/mol. The van der Waals surface area contributed by atoms with Crippen LogP contribution in [-0.2, 0) is 0 Å². The minimum Gasteiger partial charge on any atom is -0.333 e. The quantitative estimate of drug-likeness (QED) is 0.789. The van der Waals surface area contributed by atoms with Crippen LogP contribution in [0.3, 0.4) is 0 Å². The fraction of sp³-hybridized carbons (Fsp3) is 0.412. The van der Waals surface area contributed by atoms with Crippen LogP contribution in [0.25, 0.3) is 10.8 Å². The second-order valence-electron chi connectivity index (χ2n) is 5.54. The fourth-order valence-corrected chi connectivity index (χ4v) is 3.35. The highest BCUT2D eigenvalue weighted by Crippen LogP contribution is 2.23. The Balaban J connectivity index is 1.99. The van der Waals surface area contributed by atoms with Gasteiger partial charge in [-0.3, -0.25) is 9.78 Å². The van der Waals surface area contributed by atoms with E-state index in [4.69, 9.17) is 11.6 Å². The molecular formula is C17H19ClN2O. The van der Waals surface area contributed by atoms with Gasteiger partial charge in [-0.2, -0.15) is 0 Å². The topological polar surface area (TPSA) is 33.2 Å². The maximum Gasteiger partial charge on any atom is 0.273 e. The van der Waals surface area contributed by atoms with Gasteiger partial charge in [0.25, 0.3) is 5.91 Å². The van der Waals surface area contributed by atoms with Crippen LogP contribution in [0.1, 0.15) is 36.2 Å². The lowest BCUT2D eigenvalue weighted by Gasteiger charge is -2.28. The number of aromatic nitrogens is 1. The van der Waals surface area contributed by atoms with Crippen molar-refractivity contribution in [1.29, 1.82) is 0 Å². The van der Waals surface area contributed by atoms with E-state index in [2.05, 4.69) is 4.98 Å². The Morgan fingerprint density at radius 1 is 1.24 bits per heavy atom. The Bertz CT molecular complexity index is 638. The predicted octanol–water partition coefficient (Wildman–Crippen LogP) is 3.86. The third kappa shape index (κ3) is 2.88. The molecule has 4 heteroatoms. The standard InChI is InChI=1S/C17H19ClN2O/c18-12-14-7-2-1-5-11-20(14)17(21)16-15-8-4-3-6-13(15)9-10-19-16/h3-4,6,8-10,14H,1-2,5,7,11-12H2. The number of carbonyl (C=O) groups is 1. The molecule has 3 nitrogen and oxygen atoms in total. The monoisotopic (exact) mass is 302 g/mol. The number of hydrogen-bond donors (Lipinski definition) is 0. The Morgan fingerprint density at radius 3 is 2.95 bits per heavy atom. The van der Waals surface area contributed by atoms with Gasteiger partial charge >= 0.3 is 0 Å². The number of likely N-dealkylation sites (tertiary alicyclic amines) is 1. The number of fused-ring (bicyclic) bond motifs is 1. The fourth-order valence-electron chi connectivity index (χ4n) is 3.03. The van der Waals surface area contributed by atoms with E-state index >= 15 is 0 Å². The number of benzene rings is 1. The van der Waals surface area contributed by atoms with E-state index in [1.807, 2.05) is 35.2 Å². The third-order valence-corrected chi connectivity index (χ3v) is 4.55. The van der Waals surface area contributed by atoms with Crippen molar-refractivity contribution in [2.24, 2.45) is 0 Å². The Labute approximate surface area is 129 Å². The molecule has 3 rings (SSSR count). The minimum atomic E-state index is 0.0133. The number of nitrogens with zero attached hydrogens (tertiary/aromatic N) is 2. The highest BCUT2D eigenvalue weighted by Gasteiger charge is 2.27. The van der Waals surface area contributed by atoms with Crippen LogP contribution in [0.5, 0.6) is 0 Å². The molecule has 1 aliphatic rings. The first-order valence-electron chi connectivity index (χ1n) is 7.52. The van der Waals surface area contributed by atoms with Crippen LogP contribution in [0.15, 0.2) is 36.5 Å². The van der Waals surface area contributed by atoms with Crippen molar-refractivity contribution in [3.8, 4) is 0 Å². The number of hydrogen-bond acceptors (Lipinski definition) is 2. The number of rotatable bonds is 2. The molecule has 0 saturated carbocycles. The summed E-state index contributed by atoms with van der Waals surface area (Å²) in [7, 11) is 0. The van der Waals surface area contributed by atoms with Gasteiger partial charge in [-0.1, -0.05) is 37.1 Å². The van der Waals surface area contributed by atoms with E-state index in [9.17, 15) is 4.79 Å². The molecule has 0 radical (unpaired) electrons. The SMILES string of the molecule is O=C(c1nccc2ccccc12)N1CCCCCC1CCl. The van der Waals surface area contributed by atoms with Gasteiger partial charge in [-0.05, 0) is 24.3 Å². The first-order chi connectivity index (χ1) is 10.3. The highest BCUT2D eigenvalue weighted by atomic mass is 35.5. The first kappa shape index (κ1) is 14.3. The lowest BCUT2D eigenvalue weighted by Crippen LogP contribution is -2.41. The second-order valence-corrected chi connectivity index (χ2v) is 5.85. The van der Waals surface area contributed by atoms with E-state index < -0.39 is 0 Å². The normalized spacial score (nSPS) is 19.5. The average molecular weight is 303 g/mol. The van der Waals surface area contributed by atoms with Gasteiger partial charge in [0.05, 0.1) is 0 Å². The van der Waals surface area contributed by atoms with Gasteiger partial charge < -0.3 is 4.90 Å². The molecule has 1 aliphatic heterocycles. The summed E-state index contributed by atoms with van der Waals surface area (Å²) in [6, 6.07) is 9.96. The van der Waals surface area contributed by atoms with Crippen LogP contribution < -0.4 is 0 Å². The molecule has 1 unspecified atom stereocenters. The largest absolute Gasteiger partial charge is 0.333 e. The maximum absolute atomic E-state index is 12.9. The predicted molar refractivity (Wildman–Crippen MR) is 85.8 cm³/mol. The van der Waals surface area contributed by atoms with Crippen molar-refractivity contribution < 1.29 is 4.79 Å². The molecule has 0 spiro atoms. The lowest BCUT2D eigenvalue weighted by atomic mass is 10.1. The number of halogens is 1. The molecule has 0 bridgehead atoms. The molecule has 2 heterocycles. The molecule has 1 aromatic heterocycles. The molecule has 1 fully saturated rings. The van der Waals surface area contributed by atoms with Crippen LogP contribution in [-0.4, -0.2) is 34.3 Å². The van der Waals surface area contributed by atoms with Crippen molar-refractivity contribution in [3.63, 3.8) is 0 Å². The van der Waals surface area contributed by atoms with Gasteiger partial charge in [0.2, 0.25) is 0 Å². The number of amides is 1. The van der Waals surface area contributed by atoms with E-state index in [0.717, 1.165) is 36.6 Å². The number of pyridine rings is 1. The highest BCUT2D eigenvalue weighted by molar-refractivity contribution is 6.18. The lowest BCUT2D eigenvalue weighted by molar-refractivity contribution is 0.0696. The maximum atomic E-state index is 12.9.